The summed E-state index contributed by atoms with van der Waals surface area (Å²) in [6.45, 7) is 0. The summed E-state index contributed by atoms with van der Waals surface area (Å²) in [6.07, 6.45) is 0. The topological polar surface area (TPSA) is 114 Å². The quantitative estimate of drug-likeness (QED) is 0.551. The SMILES string of the molecule is O=S(=O)([O-])c1ccc2c(S(=O)(=O)[O-])cccc2c1.[Sr+2]. The molecule has 0 atom stereocenters. The fraction of sp³-hybridized carbons (Fsp3) is 0. The monoisotopic (exact) mass is 374 g/mol. The summed E-state index contributed by atoms with van der Waals surface area (Å²) in [5.74, 6) is 0. The smallest absolute Gasteiger partial charge is 0.744 e. The minimum Gasteiger partial charge on any atom is -0.744 e. The molecule has 0 unspecified atom stereocenters. The van der Waals surface area contributed by atoms with Gasteiger partial charge in [0.2, 0.25) is 0 Å². The molecule has 0 N–H and O–H groups in total. The van der Waals surface area contributed by atoms with E-state index in [4.69, 9.17) is 0 Å². The van der Waals surface area contributed by atoms with Gasteiger partial charge >= 0.3 is 45.5 Å². The zero-order chi connectivity index (χ0) is 13.6. The van der Waals surface area contributed by atoms with Gasteiger partial charge in [0.15, 0.2) is 0 Å². The van der Waals surface area contributed by atoms with Crippen LogP contribution in [-0.4, -0.2) is 71.4 Å². The summed E-state index contributed by atoms with van der Waals surface area (Å²) in [6, 6.07) is 6.97. The van der Waals surface area contributed by atoms with E-state index in [0.29, 0.717) is 0 Å². The Morgan fingerprint density at radius 1 is 0.842 bits per heavy atom. The first-order chi connectivity index (χ1) is 8.19. The molecule has 0 radical (unpaired) electrons. The van der Waals surface area contributed by atoms with E-state index < -0.39 is 30.0 Å². The van der Waals surface area contributed by atoms with Crippen molar-refractivity contribution in [1.82, 2.24) is 0 Å². The first-order valence-corrected chi connectivity index (χ1v) is 7.46. The Bertz CT molecular complexity index is 826. The van der Waals surface area contributed by atoms with Crippen LogP contribution in [-0.2, 0) is 20.2 Å². The van der Waals surface area contributed by atoms with E-state index in [2.05, 4.69) is 0 Å². The first-order valence-electron chi connectivity index (χ1n) is 4.64. The molecule has 0 aliphatic rings. The molecule has 0 aromatic heterocycles. The molecule has 19 heavy (non-hydrogen) atoms. The van der Waals surface area contributed by atoms with E-state index in [1.54, 1.807) is 0 Å². The van der Waals surface area contributed by atoms with Crippen molar-refractivity contribution in [2.75, 3.05) is 0 Å². The molecule has 6 nitrogen and oxygen atoms in total. The van der Waals surface area contributed by atoms with E-state index in [9.17, 15) is 25.9 Å². The van der Waals surface area contributed by atoms with E-state index in [1.807, 2.05) is 0 Å². The summed E-state index contributed by atoms with van der Waals surface area (Å²) in [7, 11) is -9.28. The number of hydrogen-bond donors (Lipinski definition) is 0. The molecule has 2 rings (SSSR count). The number of benzene rings is 2. The maximum atomic E-state index is 11.0. The molecule has 0 heterocycles. The summed E-state index contributed by atoms with van der Waals surface area (Å²) in [4.78, 5) is -0.926. The second kappa shape index (κ2) is 5.78. The van der Waals surface area contributed by atoms with Crippen molar-refractivity contribution in [2.45, 2.75) is 9.79 Å². The molecule has 2 aromatic carbocycles. The number of hydrogen-bond acceptors (Lipinski definition) is 6. The maximum absolute atomic E-state index is 11.0. The minimum absolute atomic E-state index is 0. The first kappa shape index (κ1) is 17.1. The molecule has 0 amide bonds. The zero-order valence-electron chi connectivity index (χ0n) is 9.44. The van der Waals surface area contributed by atoms with Gasteiger partial charge in [-0.2, -0.15) is 0 Å². The van der Waals surface area contributed by atoms with Gasteiger partial charge in [0.1, 0.15) is 20.2 Å². The van der Waals surface area contributed by atoms with Crippen molar-refractivity contribution in [2.24, 2.45) is 0 Å². The van der Waals surface area contributed by atoms with Gasteiger partial charge in [-0.05, 0) is 29.0 Å². The Kier molecular flexibility index (Phi) is 5.19. The molecule has 0 bridgehead atoms. The van der Waals surface area contributed by atoms with Gasteiger partial charge < -0.3 is 9.11 Å². The molecular weight excluding hydrogens is 368 g/mol. The van der Waals surface area contributed by atoms with Crippen LogP contribution in [0.15, 0.2) is 46.2 Å². The predicted molar refractivity (Wildman–Crippen MR) is 65.6 cm³/mol. The maximum Gasteiger partial charge on any atom is 2.00 e. The minimum atomic E-state index is -4.66. The van der Waals surface area contributed by atoms with Crippen LogP contribution in [0.4, 0.5) is 0 Å². The standard InChI is InChI=1S/C10H8O6S2.Sr/c11-17(12,13)8-4-5-9-7(6-8)2-1-3-10(9)18(14,15)16;/h1-6H,(H,11,12,13)(H,14,15,16);/q;+2/p-2. The van der Waals surface area contributed by atoms with E-state index in [1.165, 1.54) is 12.1 Å². The van der Waals surface area contributed by atoms with Gasteiger partial charge in [-0.1, -0.05) is 18.2 Å². The van der Waals surface area contributed by atoms with Crippen LogP contribution in [0.25, 0.3) is 10.8 Å². The molecular formula is C10H6O6S2Sr. The van der Waals surface area contributed by atoms with E-state index >= 15 is 0 Å². The second-order valence-electron chi connectivity index (χ2n) is 3.55. The van der Waals surface area contributed by atoms with Crippen LogP contribution in [0, 0.1) is 0 Å². The Balaban J connectivity index is 0.00000180. The van der Waals surface area contributed by atoms with Crippen molar-refractivity contribution in [3.05, 3.63) is 36.4 Å². The second-order valence-corrected chi connectivity index (χ2v) is 6.28. The van der Waals surface area contributed by atoms with Crippen molar-refractivity contribution >= 4 is 76.5 Å². The Morgan fingerprint density at radius 3 is 2.00 bits per heavy atom. The predicted octanol–water partition coefficient (Wildman–Crippen LogP) is 0.267. The molecule has 9 heteroatoms. The molecule has 0 aliphatic carbocycles. The molecule has 0 saturated carbocycles. The van der Waals surface area contributed by atoms with Crippen molar-refractivity contribution in [1.29, 1.82) is 0 Å². The third-order valence-electron chi connectivity index (χ3n) is 2.37. The molecule has 0 spiro atoms. The summed E-state index contributed by atoms with van der Waals surface area (Å²) >= 11 is 0. The third kappa shape index (κ3) is 3.76. The Hall–Kier alpha value is 0.000519. The zero-order valence-corrected chi connectivity index (χ0v) is 14.5. The molecule has 0 fully saturated rings. The van der Waals surface area contributed by atoms with Gasteiger partial charge in [-0.3, -0.25) is 0 Å². The van der Waals surface area contributed by atoms with Gasteiger partial charge in [0.25, 0.3) is 0 Å². The average Bonchev–Trinajstić information content (AvgIpc) is 2.25. The summed E-state index contributed by atoms with van der Waals surface area (Å²) < 4.78 is 65.4. The Labute approximate surface area is 147 Å². The fourth-order valence-corrected chi connectivity index (χ4v) is 2.81. The largest absolute Gasteiger partial charge is 2.00 e. The van der Waals surface area contributed by atoms with E-state index in [0.717, 1.165) is 24.3 Å². The Morgan fingerprint density at radius 2 is 1.47 bits per heavy atom. The van der Waals surface area contributed by atoms with Gasteiger partial charge in [-0.25, -0.2) is 16.8 Å². The third-order valence-corrected chi connectivity index (χ3v) is 4.10. The van der Waals surface area contributed by atoms with E-state index in [-0.39, 0.29) is 56.3 Å². The molecule has 96 valence electrons. The van der Waals surface area contributed by atoms with Gasteiger partial charge in [0, 0.05) is 0 Å². The van der Waals surface area contributed by atoms with Gasteiger partial charge in [-0.15, -0.1) is 0 Å². The summed E-state index contributed by atoms with van der Waals surface area (Å²) in [5, 5.41) is 0.281. The van der Waals surface area contributed by atoms with Crippen LogP contribution >= 0.6 is 0 Å². The average molecular weight is 374 g/mol. The van der Waals surface area contributed by atoms with Crippen LogP contribution < -0.4 is 0 Å². The van der Waals surface area contributed by atoms with Crippen molar-refractivity contribution < 1.29 is 25.9 Å². The van der Waals surface area contributed by atoms with Crippen LogP contribution in [0.3, 0.4) is 0 Å². The van der Waals surface area contributed by atoms with Crippen LogP contribution in [0.5, 0.6) is 0 Å². The van der Waals surface area contributed by atoms with Crippen LogP contribution in [0.2, 0.25) is 0 Å². The summed E-state index contributed by atoms with van der Waals surface area (Å²) in [5.41, 5.74) is 0. The number of rotatable bonds is 2. The number of fused-ring (bicyclic) bond motifs is 1. The molecule has 0 aliphatic heterocycles. The normalized spacial score (nSPS) is 12.1. The fourth-order valence-electron chi connectivity index (χ4n) is 1.61. The molecule has 0 saturated heterocycles. The van der Waals surface area contributed by atoms with Crippen LogP contribution in [0.1, 0.15) is 0 Å². The molecule has 2 aromatic rings. The van der Waals surface area contributed by atoms with Crippen molar-refractivity contribution in [3.63, 3.8) is 0 Å². The van der Waals surface area contributed by atoms with Crippen molar-refractivity contribution in [3.8, 4) is 0 Å². The van der Waals surface area contributed by atoms with Gasteiger partial charge in [0.05, 0.1) is 9.79 Å².